The van der Waals surface area contributed by atoms with E-state index in [0.29, 0.717) is 42.3 Å². The van der Waals surface area contributed by atoms with Crippen molar-refractivity contribution in [2.24, 2.45) is 0 Å². The van der Waals surface area contributed by atoms with Crippen molar-refractivity contribution in [1.29, 1.82) is 0 Å². The molecule has 0 saturated carbocycles. The van der Waals surface area contributed by atoms with Gasteiger partial charge in [0.1, 0.15) is 12.3 Å². The Hall–Kier alpha value is -3.28. The Kier molecular flexibility index (Phi) is 5.01. The molecule has 0 radical (unpaired) electrons. The zero-order chi connectivity index (χ0) is 20.5. The van der Waals surface area contributed by atoms with E-state index in [1.165, 1.54) is 11.1 Å². The molecule has 150 valence electrons. The van der Waals surface area contributed by atoms with Crippen LogP contribution in [0.25, 0.3) is 5.57 Å². The van der Waals surface area contributed by atoms with Gasteiger partial charge >= 0.3 is 0 Å². The molecule has 1 unspecified atom stereocenters. The molecular weight excluding hydrogens is 368 g/mol. The van der Waals surface area contributed by atoms with Crippen molar-refractivity contribution in [1.82, 2.24) is 9.80 Å². The van der Waals surface area contributed by atoms with Crippen molar-refractivity contribution >= 4 is 17.8 Å². The molecule has 2 aliphatic rings. The molecule has 2 aliphatic heterocycles. The lowest BCUT2D eigenvalue weighted by Gasteiger charge is -2.34. The number of aldehydes is 1. The van der Waals surface area contributed by atoms with Gasteiger partial charge in [0.05, 0.1) is 19.8 Å². The van der Waals surface area contributed by atoms with E-state index in [-0.39, 0.29) is 5.91 Å². The molecule has 6 nitrogen and oxygen atoms in total. The molecule has 0 bridgehead atoms. The van der Waals surface area contributed by atoms with Crippen molar-refractivity contribution in [3.63, 3.8) is 0 Å². The maximum Gasteiger partial charge on any atom is 0.256 e. The van der Waals surface area contributed by atoms with E-state index >= 15 is 0 Å². The third-order valence-corrected chi connectivity index (χ3v) is 5.67. The number of amides is 1. The largest absolute Gasteiger partial charge is 0.493 e. The van der Waals surface area contributed by atoms with Crippen molar-refractivity contribution in [2.75, 3.05) is 20.8 Å². The third-order valence-electron chi connectivity index (χ3n) is 5.67. The Labute approximate surface area is 170 Å². The Morgan fingerprint density at radius 1 is 1.10 bits per heavy atom. The van der Waals surface area contributed by atoms with Crippen molar-refractivity contribution in [3.8, 4) is 11.5 Å². The number of hydrogen-bond donors (Lipinski definition) is 0. The minimum Gasteiger partial charge on any atom is -0.493 e. The molecule has 0 N–H and O–H groups in total. The molecule has 0 fully saturated rings. The molecule has 4 rings (SSSR count). The van der Waals surface area contributed by atoms with Gasteiger partial charge in [0.2, 0.25) is 0 Å². The first kappa shape index (κ1) is 19.1. The predicted molar refractivity (Wildman–Crippen MR) is 109 cm³/mol. The quantitative estimate of drug-likeness (QED) is 0.732. The maximum absolute atomic E-state index is 13.5. The molecule has 1 atom stereocenters. The van der Waals surface area contributed by atoms with Crippen LogP contribution in [0.4, 0.5) is 0 Å². The van der Waals surface area contributed by atoms with E-state index in [1.54, 1.807) is 32.6 Å². The van der Waals surface area contributed by atoms with Crippen molar-refractivity contribution in [2.45, 2.75) is 26.1 Å². The van der Waals surface area contributed by atoms with Gasteiger partial charge in [-0.3, -0.25) is 4.79 Å². The summed E-state index contributed by atoms with van der Waals surface area (Å²) in [6.45, 7) is 3.73. The predicted octanol–water partition coefficient (Wildman–Crippen LogP) is 3.16. The Morgan fingerprint density at radius 3 is 2.28 bits per heavy atom. The average Bonchev–Trinajstić information content (AvgIpc) is 3.20. The summed E-state index contributed by atoms with van der Waals surface area (Å²) in [5.74, 6) is 1.01. The molecule has 2 aromatic carbocycles. The molecular formula is C23H24N2O4. The van der Waals surface area contributed by atoms with E-state index in [9.17, 15) is 9.59 Å². The van der Waals surface area contributed by atoms with E-state index in [2.05, 4.69) is 12.1 Å². The van der Waals surface area contributed by atoms with Crippen LogP contribution in [-0.2, 0) is 22.7 Å². The highest BCUT2D eigenvalue weighted by Crippen LogP contribution is 2.42. The lowest BCUT2D eigenvalue weighted by atomic mass is 9.90. The minimum atomic E-state index is -0.470. The monoisotopic (exact) mass is 392 g/mol. The second kappa shape index (κ2) is 7.62. The number of rotatable bonds is 5. The first-order chi connectivity index (χ1) is 14.1. The van der Waals surface area contributed by atoms with Gasteiger partial charge in [0.15, 0.2) is 11.5 Å². The lowest BCUT2D eigenvalue weighted by molar-refractivity contribution is -0.125. The summed E-state index contributed by atoms with van der Waals surface area (Å²) in [6.07, 6.45) is 2.70. The van der Waals surface area contributed by atoms with E-state index < -0.39 is 6.04 Å². The average molecular weight is 392 g/mol. The molecule has 0 saturated heterocycles. The van der Waals surface area contributed by atoms with E-state index in [1.807, 2.05) is 28.9 Å². The standard InChI is InChI=1S/C23H24N2O4/c1-4-24-13-19(23(27)25-11-15-7-5-6-8-16(15)12-25)17-9-21(28-2)22(29-3)10-18(17)20(24)14-26/h5-10,13-14,20H,4,11-12H2,1-3H3. The number of benzene rings is 2. The topological polar surface area (TPSA) is 59.1 Å². The highest BCUT2D eigenvalue weighted by molar-refractivity contribution is 6.20. The Balaban J connectivity index is 1.78. The molecule has 6 heteroatoms. The molecule has 0 spiro atoms. The normalized spacial score (nSPS) is 17.3. The van der Waals surface area contributed by atoms with Gasteiger partial charge in [-0.15, -0.1) is 0 Å². The van der Waals surface area contributed by atoms with Crippen molar-refractivity contribution in [3.05, 3.63) is 64.9 Å². The second-order valence-corrected chi connectivity index (χ2v) is 7.18. The fraction of sp³-hybridized carbons (Fsp3) is 0.304. The third kappa shape index (κ3) is 3.14. The smallest absolute Gasteiger partial charge is 0.256 e. The van der Waals surface area contributed by atoms with E-state index in [0.717, 1.165) is 11.8 Å². The van der Waals surface area contributed by atoms with Crippen LogP contribution in [0.15, 0.2) is 42.6 Å². The molecule has 29 heavy (non-hydrogen) atoms. The number of ether oxygens (including phenoxy) is 2. The highest BCUT2D eigenvalue weighted by Gasteiger charge is 2.34. The number of likely N-dealkylation sites (N-methyl/N-ethyl adjacent to an activating group) is 1. The molecule has 0 aliphatic carbocycles. The van der Waals surface area contributed by atoms with Gasteiger partial charge in [-0.25, -0.2) is 0 Å². The van der Waals surface area contributed by atoms with Crippen LogP contribution in [0.5, 0.6) is 11.5 Å². The highest BCUT2D eigenvalue weighted by atomic mass is 16.5. The van der Waals surface area contributed by atoms with Crippen LogP contribution in [0.3, 0.4) is 0 Å². The van der Waals surface area contributed by atoms with Crippen molar-refractivity contribution < 1.29 is 19.1 Å². The van der Waals surface area contributed by atoms with Gasteiger partial charge < -0.3 is 24.1 Å². The van der Waals surface area contributed by atoms with Gasteiger partial charge in [0.25, 0.3) is 5.91 Å². The zero-order valence-corrected chi connectivity index (χ0v) is 16.8. The molecule has 1 amide bonds. The summed E-state index contributed by atoms with van der Waals surface area (Å²) in [6, 6.07) is 11.2. The summed E-state index contributed by atoms with van der Waals surface area (Å²) >= 11 is 0. The second-order valence-electron chi connectivity index (χ2n) is 7.18. The summed E-state index contributed by atoms with van der Waals surface area (Å²) in [7, 11) is 3.12. The first-order valence-corrected chi connectivity index (χ1v) is 9.66. The van der Waals surface area contributed by atoms with Crippen LogP contribution in [0.2, 0.25) is 0 Å². The Bertz CT molecular complexity index is 973. The Morgan fingerprint density at radius 2 is 1.72 bits per heavy atom. The minimum absolute atomic E-state index is 0.0579. The van der Waals surface area contributed by atoms with Crippen LogP contribution in [0, 0.1) is 0 Å². The van der Waals surface area contributed by atoms with Gasteiger partial charge in [-0.05, 0) is 41.3 Å². The number of nitrogens with zero attached hydrogens (tertiary/aromatic N) is 2. The number of fused-ring (bicyclic) bond motifs is 2. The van der Waals surface area contributed by atoms with Crippen LogP contribution < -0.4 is 9.47 Å². The van der Waals surface area contributed by atoms with Crippen LogP contribution >= 0.6 is 0 Å². The van der Waals surface area contributed by atoms with Crippen LogP contribution in [0.1, 0.15) is 35.2 Å². The fourth-order valence-corrected chi connectivity index (χ4v) is 4.12. The zero-order valence-electron chi connectivity index (χ0n) is 16.8. The summed E-state index contributed by atoms with van der Waals surface area (Å²) in [4.78, 5) is 29.1. The SMILES string of the molecule is CCN1C=C(C(=O)N2Cc3ccccc3C2)c2cc(OC)c(OC)cc2C1C=O. The molecule has 0 aromatic heterocycles. The van der Waals surface area contributed by atoms with Gasteiger partial charge in [-0.1, -0.05) is 24.3 Å². The van der Waals surface area contributed by atoms with Gasteiger partial charge in [0, 0.05) is 25.8 Å². The molecule has 2 heterocycles. The lowest BCUT2D eigenvalue weighted by Crippen LogP contribution is -2.34. The number of carbonyl (C=O) groups excluding carboxylic acids is 2. The maximum atomic E-state index is 13.5. The number of hydrogen-bond acceptors (Lipinski definition) is 5. The van der Waals surface area contributed by atoms with Crippen LogP contribution in [-0.4, -0.2) is 42.8 Å². The fourth-order valence-electron chi connectivity index (χ4n) is 4.12. The number of carbonyl (C=O) groups is 2. The first-order valence-electron chi connectivity index (χ1n) is 9.66. The summed E-state index contributed by atoms with van der Waals surface area (Å²) < 4.78 is 10.9. The van der Waals surface area contributed by atoms with E-state index in [4.69, 9.17) is 9.47 Å². The number of methoxy groups -OCH3 is 2. The van der Waals surface area contributed by atoms with Gasteiger partial charge in [-0.2, -0.15) is 0 Å². The summed E-state index contributed by atoms with van der Waals surface area (Å²) in [5.41, 5.74) is 4.37. The summed E-state index contributed by atoms with van der Waals surface area (Å²) in [5, 5.41) is 0. The molecule has 2 aromatic rings.